The Morgan fingerprint density at radius 3 is 2.82 bits per heavy atom. The zero-order valence-corrected chi connectivity index (χ0v) is 20.4. The number of nitrogens with one attached hydrogen (secondary N) is 2. The summed E-state index contributed by atoms with van der Waals surface area (Å²) in [6.45, 7) is 5.83. The van der Waals surface area contributed by atoms with E-state index in [1.807, 2.05) is 42.5 Å². The minimum absolute atomic E-state index is 0.109. The van der Waals surface area contributed by atoms with Gasteiger partial charge in [0.05, 0.1) is 6.04 Å². The smallest absolute Gasteiger partial charge is 0.249 e. The van der Waals surface area contributed by atoms with Crippen LogP contribution in [0.25, 0.3) is 11.6 Å². The van der Waals surface area contributed by atoms with E-state index in [1.54, 1.807) is 6.92 Å². The van der Waals surface area contributed by atoms with Crippen molar-refractivity contribution in [1.29, 1.82) is 0 Å². The van der Waals surface area contributed by atoms with E-state index in [4.69, 9.17) is 24.3 Å². The van der Waals surface area contributed by atoms with E-state index in [9.17, 15) is 9.59 Å². The number of hydrogen-bond acceptors (Lipinski definition) is 9. The molecule has 0 saturated heterocycles. The van der Waals surface area contributed by atoms with Crippen LogP contribution in [-0.4, -0.2) is 34.4 Å². The highest BCUT2D eigenvalue weighted by atomic mass is 16.5. The fraction of sp³-hybridized carbons (Fsp3) is 0.214. The topological polar surface area (TPSA) is 146 Å². The van der Waals surface area contributed by atoms with Gasteiger partial charge in [-0.25, -0.2) is 9.97 Å². The number of hydrogen-bond donors (Lipinski definition) is 3. The number of nitrogens with zero attached hydrogens (tertiary/aromatic N) is 2. The largest absolute Gasteiger partial charge is 0.469 e. The maximum Gasteiger partial charge on any atom is 0.249 e. The van der Waals surface area contributed by atoms with Crippen LogP contribution < -0.4 is 21.1 Å². The van der Waals surface area contributed by atoms with Crippen LogP contribution in [-0.2, 0) is 16.6 Å². The molecule has 2 aromatic heterocycles. The molecule has 4 N–H and O–H groups in total. The average molecular weight is 510 g/mol. The SMILES string of the molecule is C=C(C)[C@@H]1NC(=O)[C@@H](N)Cc2ccc3c(c2)[C@@]2(c4ccccc4N[C@@H]2O3)c2oc1nc2-c1nc(C=O)co1. The molecule has 4 aromatic rings. The number of aromatic nitrogens is 2. The maximum absolute atomic E-state index is 13.1. The Labute approximate surface area is 216 Å². The third-order valence-electron chi connectivity index (χ3n) is 7.41. The highest BCUT2D eigenvalue weighted by Gasteiger charge is 2.61. The van der Waals surface area contributed by atoms with Crippen molar-refractivity contribution in [3.63, 3.8) is 0 Å². The molecule has 4 atom stereocenters. The summed E-state index contributed by atoms with van der Waals surface area (Å²) in [4.78, 5) is 33.6. The van der Waals surface area contributed by atoms with Gasteiger partial charge in [-0.1, -0.05) is 36.9 Å². The molecule has 0 saturated carbocycles. The molecule has 1 spiro atoms. The van der Waals surface area contributed by atoms with E-state index in [-0.39, 0.29) is 23.4 Å². The zero-order valence-electron chi connectivity index (χ0n) is 20.4. The predicted molar refractivity (Wildman–Crippen MR) is 136 cm³/mol. The third-order valence-corrected chi connectivity index (χ3v) is 7.41. The van der Waals surface area contributed by atoms with Gasteiger partial charge in [0.2, 0.25) is 17.7 Å². The summed E-state index contributed by atoms with van der Waals surface area (Å²) in [5.41, 5.74) is 9.87. The first kappa shape index (κ1) is 22.5. The Morgan fingerprint density at radius 2 is 2.03 bits per heavy atom. The van der Waals surface area contributed by atoms with Gasteiger partial charge in [0, 0.05) is 11.3 Å². The zero-order chi connectivity index (χ0) is 26.2. The fourth-order valence-corrected chi connectivity index (χ4v) is 5.67. The number of carbonyl (C=O) groups excluding carboxylic acids is 2. The number of aldehydes is 1. The Bertz CT molecular complexity index is 1650. The van der Waals surface area contributed by atoms with E-state index < -0.39 is 23.7 Å². The number of ether oxygens (including phenoxy) is 1. The number of rotatable bonds is 3. The van der Waals surface area contributed by atoms with Crippen LogP contribution in [0.3, 0.4) is 0 Å². The molecule has 0 aliphatic carbocycles. The van der Waals surface area contributed by atoms with Crippen LogP contribution in [0, 0.1) is 0 Å². The molecule has 1 amide bonds. The number of fused-ring (bicyclic) bond motifs is 4. The third kappa shape index (κ3) is 2.97. The molecule has 190 valence electrons. The predicted octanol–water partition coefficient (Wildman–Crippen LogP) is 3.24. The number of oxazole rings is 2. The number of amides is 1. The van der Waals surface area contributed by atoms with Gasteiger partial charge >= 0.3 is 0 Å². The molecule has 2 aromatic carbocycles. The molecular formula is C28H23N5O5. The molecule has 3 aliphatic heterocycles. The van der Waals surface area contributed by atoms with E-state index >= 15 is 0 Å². The van der Waals surface area contributed by atoms with Crippen molar-refractivity contribution in [2.45, 2.75) is 37.1 Å². The fourth-order valence-electron chi connectivity index (χ4n) is 5.67. The summed E-state index contributed by atoms with van der Waals surface area (Å²) < 4.78 is 18.8. The normalized spacial score (nSPS) is 24.7. The molecule has 5 heterocycles. The van der Waals surface area contributed by atoms with Crippen molar-refractivity contribution in [2.75, 3.05) is 5.32 Å². The lowest BCUT2D eigenvalue weighted by Gasteiger charge is -2.28. The van der Waals surface area contributed by atoms with Crippen LogP contribution >= 0.6 is 0 Å². The summed E-state index contributed by atoms with van der Waals surface area (Å²) >= 11 is 0. The highest BCUT2D eigenvalue weighted by molar-refractivity contribution is 5.83. The second kappa shape index (κ2) is 7.90. The van der Waals surface area contributed by atoms with Gasteiger partial charge in [0.15, 0.2) is 24.0 Å². The maximum atomic E-state index is 13.1. The highest BCUT2D eigenvalue weighted by Crippen LogP contribution is 2.59. The van der Waals surface area contributed by atoms with Crippen LogP contribution in [0.2, 0.25) is 0 Å². The lowest BCUT2D eigenvalue weighted by atomic mass is 9.72. The first-order valence-electron chi connectivity index (χ1n) is 12.2. The van der Waals surface area contributed by atoms with E-state index in [0.717, 1.165) is 22.4 Å². The standard InChI is InChI=1S/C28H23N5O5/c1-13(2)21-26-33-22(25-30-15(11-34)12-36-25)23(38-26)28-16-5-3-4-6-19(16)31-27(28)37-20-8-7-14(9-17(20)28)10-18(29)24(35)32-21/h3-9,11-12,18,21,27,31H,1,10,29H2,2H3,(H,32,35)/t18-,21-,27+,28-/m0/s1. The Hall–Kier alpha value is -4.70. The summed E-state index contributed by atoms with van der Waals surface area (Å²) in [6.07, 6.45) is 1.61. The van der Waals surface area contributed by atoms with Crippen molar-refractivity contribution in [2.24, 2.45) is 5.73 Å². The van der Waals surface area contributed by atoms with Crippen molar-refractivity contribution < 1.29 is 23.2 Å². The summed E-state index contributed by atoms with van der Waals surface area (Å²) in [7, 11) is 0. The van der Waals surface area contributed by atoms with Crippen molar-refractivity contribution in [1.82, 2.24) is 15.3 Å². The minimum atomic E-state index is -0.981. The number of benzene rings is 2. The van der Waals surface area contributed by atoms with Gasteiger partial charge in [-0.15, -0.1) is 0 Å². The van der Waals surface area contributed by atoms with E-state index in [0.29, 0.717) is 35.5 Å². The molecule has 4 bridgehead atoms. The molecule has 0 fully saturated rings. The van der Waals surface area contributed by atoms with E-state index in [1.165, 1.54) is 6.26 Å². The van der Waals surface area contributed by atoms with Gasteiger partial charge in [-0.2, -0.15) is 0 Å². The first-order chi connectivity index (χ1) is 18.4. The lowest BCUT2D eigenvalue weighted by molar-refractivity contribution is -0.123. The summed E-state index contributed by atoms with van der Waals surface area (Å²) in [6, 6.07) is 12.1. The minimum Gasteiger partial charge on any atom is -0.469 e. The van der Waals surface area contributed by atoms with Gasteiger partial charge in [-0.05, 0) is 42.2 Å². The summed E-state index contributed by atoms with van der Waals surface area (Å²) in [5.74, 6) is 1.01. The van der Waals surface area contributed by atoms with Gasteiger partial charge in [0.25, 0.3) is 0 Å². The number of carbonyl (C=O) groups is 2. The molecule has 10 nitrogen and oxygen atoms in total. The van der Waals surface area contributed by atoms with Crippen LogP contribution in [0.15, 0.2) is 69.7 Å². The van der Waals surface area contributed by atoms with Gasteiger partial charge in [-0.3, -0.25) is 9.59 Å². The molecule has 7 rings (SSSR count). The second-order valence-electron chi connectivity index (χ2n) is 9.85. The number of para-hydroxylation sites is 1. The lowest BCUT2D eigenvalue weighted by Crippen LogP contribution is -2.44. The monoisotopic (exact) mass is 509 g/mol. The van der Waals surface area contributed by atoms with Crippen molar-refractivity contribution in [3.05, 3.63) is 94.9 Å². The molecular weight excluding hydrogens is 486 g/mol. The van der Waals surface area contributed by atoms with E-state index in [2.05, 4.69) is 22.2 Å². The quantitative estimate of drug-likeness (QED) is 0.280. The Balaban J connectivity index is 1.59. The Kier molecular flexibility index (Phi) is 4.67. The second-order valence-corrected chi connectivity index (χ2v) is 9.85. The van der Waals surface area contributed by atoms with Crippen molar-refractivity contribution >= 4 is 17.9 Å². The number of anilines is 1. The Morgan fingerprint density at radius 1 is 1.18 bits per heavy atom. The van der Waals surface area contributed by atoms with Crippen LogP contribution in [0.5, 0.6) is 5.75 Å². The van der Waals surface area contributed by atoms with Gasteiger partial charge in [0.1, 0.15) is 29.2 Å². The molecule has 10 heteroatoms. The molecule has 0 radical (unpaired) electrons. The average Bonchev–Trinajstić information content (AvgIpc) is 3.66. The first-order valence-corrected chi connectivity index (χ1v) is 12.2. The number of nitrogens with two attached hydrogens (primary N) is 1. The van der Waals surface area contributed by atoms with Crippen LogP contribution in [0.1, 0.15) is 51.8 Å². The molecule has 3 aliphatic rings. The molecule has 0 unspecified atom stereocenters. The van der Waals surface area contributed by atoms with Crippen molar-refractivity contribution in [3.8, 4) is 17.3 Å². The van der Waals surface area contributed by atoms with Crippen LogP contribution in [0.4, 0.5) is 5.69 Å². The molecule has 38 heavy (non-hydrogen) atoms. The van der Waals surface area contributed by atoms with Gasteiger partial charge < -0.3 is 29.9 Å². The summed E-state index contributed by atoms with van der Waals surface area (Å²) in [5, 5.41) is 6.42.